The van der Waals surface area contributed by atoms with Crippen molar-refractivity contribution in [3.63, 3.8) is 0 Å². The van der Waals surface area contributed by atoms with Crippen LogP contribution < -0.4 is 15.0 Å². The molecule has 4 rings (SSSR count). The molecule has 0 amide bonds. The fourth-order valence-corrected chi connectivity index (χ4v) is 4.49. The van der Waals surface area contributed by atoms with Crippen molar-refractivity contribution < 1.29 is 9.47 Å². The third-order valence-corrected chi connectivity index (χ3v) is 6.23. The van der Waals surface area contributed by atoms with Crippen LogP contribution in [0.4, 0.5) is 0 Å². The van der Waals surface area contributed by atoms with Crippen LogP contribution in [-0.2, 0) is 0 Å². The van der Waals surface area contributed by atoms with Gasteiger partial charge in [-0.25, -0.2) is 4.98 Å². The molecule has 0 N–H and O–H groups in total. The van der Waals surface area contributed by atoms with Crippen LogP contribution in [0.25, 0.3) is 28.2 Å². The van der Waals surface area contributed by atoms with Crippen LogP contribution in [0.1, 0.15) is 37.6 Å². The zero-order chi connectivity index (χ0) is 25.2. The van der Waals surface area contributed by atoms with E-state index in [2.05, 4.69) is 26.8 Å². The summed E-state index contributed by atoms with van der Waals surface area (Å²) in [6.45, 7) is 6.80. The minimum Gasteiger partial charge on any atom is -0.493 e. The third-order valence-electron chi connectivity index (χ3n) is 5.13. The molecule has 6 nitrogen and oxygen atoms in total. The Morgan fingerprint density at radius 2 is 1.91 bits per heavy atom. The number of hydrogen-bond acceptors (Lipinski definition) is 6. The summed E-state index contributed by atoms with van der Waals surface area (Å²) in [5.41, 5.74) is 2.59. The highest BCUT2D eigenvalue weighted by molar-refractivity contribution is 7.20. The summed E-state index contributed by atoms with van der Waals surface area (Å²) in [7, 11) is 1.60. The van der Waals surface area contributed by atoms with Crippen LogP contribution in [0.15, 0.2) is 53.5 Å². The summed E-state index contributed by atoms with van der Waals surface area (Å²) < 4.78 is 13.6. The molecule has 0 aliphatic heterocycles. The van der Waals surface area contributed by atoms with Gasteiger partial charge >= 0.3 is 0 Å². The van der Waals surface area contributed by atoms with Gasteiger partial charge < -0.3 is 9.47 Å². The maximum absolute atomic E-state index is 13.4. The first-order chi connectivity index (χ1) is 16.7. The molecule has 2 aromatic heterocycles. The Morgan fingerprint density at radius 3 is 2.57 bits per heavy atom. The number of halogens is 1. The zero-order valence-corrected chi connectivity index (χ0v) is 21.4. The molecule has 8 heteroatoms. The number of para-hydroxylation sites is 1. The normalized spacial score (nSPS) is 11.7. The Hall–Kier alpha value is -3.60. The van der Waals surface area contributed by atoms with E-state index in [0.29, 0.717) is 49.8 Å². The van der Waals surface area contributed by atoms with Gasteiger partial charge in [0.05, 0.1) is 36.6 Å². The van der Waals surface area contributed by atoms with Gasteiger partial charge in [-0.3, -0.25) is 9.20 Å². The number of nitriles is 1. The van der Waals surface area contributed by atoms with Gasteiger partial charge in [0.1, 0.15) is 4.34 Å². The van der Waals surface area contributed by atoms with Crippen molar-refractivity contribution in [2.24, 2.45) is 5.41 Å². The van der Waals surface area contributed by atoms with E-state index in [0.717, 1.165) is 5.56 Å². The lowest BCUT2D eigenvalue weighted by Crippen LogP contribution is -2.17. The Bertz CT molecular complexity index is 1510. The van der Waals surface area contributed by atoms with E-state index in [1.165, 1.54) is 15.7 Å². The van der Waals surface area contributed by atoms with Crippen molar-refractivity contribution in [2.75, 3.05) is 13.7 Å². The van der Waals surface area contributed by atoms with Crippen molar-refractivity contribution >= 4 is 40.1 Å². The standard InChI is InChI=1S/C27H24ClN3O3S/c1-27(2,3)16-34-24-19(6-5-7-21(24)33-4)12-13-20-23(18-10-8-17(14-29)9-11-18)25(32)31-15-22(28)35-26(31)30-20/h5-13,15H,16H2,1-4H3. The second kappa shape index (κ2) is 9.95. The molecule has 178 valence electrons. The van der Waals surface area contributed by atoms with Gasteiger partial charge in [-0.15, -0.1) is 0 Å². The number of aromatic nitrogens is 2. The molecule has 0 fully saturated rings. The molecule has 35 heavy (non-hydrogen) atoms. The number of methoxy groups -OCH3 is 1. The predicted molar refractivity (Wildman–Crippen MR) is 141 cm³/mol. The van der Waals surface area contributed by atoms with E-state index < -0.39 is 0 Å². The van der Waals surface area contributed by atoms with E-state index in [1.807, 2.05) is 24.3 Å². The van der Waals surface area contributed by atoms with Crippen LogP contribution in [-0.4, -0.2) is 23.1 Å². The van der Waals surface area contributed by atoms with E-state index in [4.69, 9.17) is 31.3 Å². The van der Waals surface area contributed by atoms with E-state index >= 15 is 0 Å². The lowest BCUT2D eigenvalue weighted by molar-refractivity contribution is 0.191. The van der Waals surface area contributed by atoms with Crippen molar-refractivity contribution in [3.8, 4) is 28.7 Å². The largest absolute Gasteiger partial charge is 0.493 e. The molecule has 4 aromatic rings. The fourth-order valence-electron chi connectivity index (χ4n) is 3.47. The number of fused-ring (bicyclic) bond motifs is 1. The van der Waals surface area contributed by atoms with E-state index in [-0.39, 0.29) is 11.0 Å². The third kappa shape index (κ3) is 5.40. The van der Waals surface area contributed by atoms with Crippen molar-refractivity contribution in [2.45, 2.75) is 20.8 Å². The van der Waals surface area contributed by atoms with Crippen LogP contribution in [0.5, 0.6) is 11.5 Å². The average molecular weight is 506 g/mol. The first-order valence-corrected chi connectivity index (χ1v) is 12.1. The molecule has 0 spiro atoms. The Morgan fingerprint density at radius 1 is 1.17 bits per heavy atom. The lowest BCUT2D eigenvalue weighted by atomic mass is 9.98. The highest BCUT2D eigenvalue weighted by atomic mass is 35.5. The Kier molecular flexibility index (Phi) is 6.97. The molecule has 0 saturated heterocycles. The molecule has 0 atom stereocenters. The molecular weight excluding hydrogens is 482 g/mol. The van der Waals surface area contributed by atoms with Crippen LogP contribution in [0.2, 0.25) is 4.34 Å². The van der Waals surface area contributed by atoms with Gasteiger partial charge in [0.15, 0.2) is 16.5 Å². The van der Waals surface area contributed by atoms with Crippen molar-refractivity contribution in [1.29, 1.82) is 5.26 Å². The topological polar surface area (TPSA) is 76.6 Å². The van der Waals surface area contributed by atoms with Gasteiger partial charge in [-0.05, 0) is 41.3 Å². The maximum atomic E-state index is 13.4. The molecule has 0 bridgehead atoms. The molecule has 0 unspecified atom stereocenters. The van der Waals surface area contributed by atoms with Crippen LogP contribution >= 0.6 is 22.9 Å². The minimum atomic E-state index is -0.239. The van der Waals surface area contributed by atoms with E-state index in [1.54, 1.807) is 43.6 Å². The molecular formula is C27H24ClN3O3S. The second-order valence-corrected chi connectivity index (χ2v) is 10.8. The molecule has 2 aromatic carbocycles. The first-order valence-electron chi connectivity index (χ1n) is 10.9. The maximum Gasteiger partial charge on any atom is 0.267 e. The van der Waals surface area contributed by atoms with Gasteiger partial charge in [0.2, 0.25) is 0 Å². The van der Waals surface area contributed by atoms with Gasteiger partial charge in [0.25, 0.3) is 5.56 Å². The molecule has 0 radical (unpaired) electrons. The van der Waals surface area contributed by atoms with Gasteiger partial charge in [0, 0.05) is 11.8 Å². The summed E-state index contributed by atoms with van der Waals surface area (Å²) in [5.74, 6) is 1.25. The summed E-state index contributed by atoms with van der Waals surface area (Å²) in [4.78, 5) is 18.7. The number of nitrogens with zero attached hydrogens (tertiary/aromatic N) is 3. The molecule has 0 saturated carbocycles. The van der Waals surface area contributed by atoms with Crippen LogP contribution in [0.3, 0.4) is 0 Å². The van der Waals surface area contributed by atoms with Crippen molar-refractivity contribution in [3.05, 3.63) is 80.2 Å². The van der Waals surface area contributed by atoms with Crippen molar-refractivity contribution in [1.82, 2.24) is 9.38 Å². The SMILES string of the molecule is COc1cccc(C=Cc2nc3sc(Cl)cn3c(=O)c2-c2ccc(C#N)cc2)c1OCC(C)(C)C. The first kappa shape index (κ1) is 24.5. The highest BCUT2D eigenvalue weighted by Gasteiger charge is 2.17. The lowest BCUT2D eigenvalue weighted by Gasteiger charge is -2.21. The predicted octanol–water partition coefficient (Wildman–Crippen LogP) is 6.55. The summed E-state index contributed by atoms with van der Waals surface area (Å²) in [5, 5.41) is 9.15. The molecule has 0 aliphatic rings. The Balaban J connectivity index is 1.85. The second-order valence-electron chi connectivity index (χ2n) is 9.12. The fraction of sp³-hybridized carbons (Fsp3) is 0.222. The van der Waals surface area contributed by atoms with E-state index in [9.17, 15) is 4.79 Å². The van der Waals surface area contributed by atoms with Gasteiger partial charge in [-0.2, -0.15) is 5.26 Å². The number of ether oxygens (including phenoxy) is 2. The number of hydrogen-bond donors (Lipinski definition) is 0. The minimum absolute atomic E-state index is 0.0374. The molecule has 0 aliphatic carbocycles. The summed E-state index contributed by atoms with van der Waals surface area (Å²) in [6.07, 6.45) is 5.22. The zero-order valence-electron chi connectivity index (χ0n) is 19.8. The summed E-state index contributed by atoms with van der Waals surface area (Å²) >= 11 is 7.41. The molecule has 2 heterocycles. The number of benzene rings is 2. The Labute approximate surface area is 212 Å². The number of rotatable bonds is 6. The van der Waals surface area contributed by atoms with Crippen LogP contribution in [0, 0.1) is 16.7 Å². The average Bonchev–Trinajstić information content (AvgIpc) is 3.21. The quantitative estimate of drug-likeness (QED) is 0.297. The van der Waals surface area contributed by atoms with Gasteiger partial charge in [-0.1, -0.05) is 68.0 Å². The highest BCUT2D eigenvalue weighted by Crippen LogP contribution is 2.34. The monoisotopic (exact) mass is 505 g/mol. The smallest absolute Gasteiger partial charge is 0.267 e. The summed E-state index contributed by atoms with van der Waals surface area (Å²) in [6, 6.07) is 14.6. The number of thiazole rings is 1.